The molecule has 71 heavy (non-hydrogen) atoms. The number of fused-ring (bicyclic) bond motifs is 1. The first-order valence-electron chi connectivity index (χ1n) is 29.4. The van der Waals surface area contributed by atoms with Crippen LogP contribution in [0.15, 0.2) is 0 Å². The molecule has 1 aromatic rings. The summed E-state index contributed by atoms with van der Waals surface area (Å²) < 4.78 is 17.4. The highest BCUT2D eigenvalue weighted by Gasteiger charge is 2.31. The summed E-state index contributed by atoms with van der Waals surface area (Å²) in [5.74, 6) is -0.666. The maximum Gasteiger partial charge on any atom is 0.341 e. The van der Waals surface area contributed by atoms with Crippen molar-refractivity contribution in [3.63, 3.8) is 0 Å². The van der Waals surface area contributed by atoms with Crippen molar-refractivity contribution < 1.29 is 38.2 Å². The summed E-state index contributed by atoms with van der Waals surface area (Å²) in [7, 11) is 3.96. The van der Waals surface area contributed by atoms with E-state index >= 15 is 0 Å². The molecular weight excluding hydrogens is 911 g/mol. The lowest BCUT2D eigenvalue weighted by Crippen LogP contribution is -2.35. The number of nitrogens with zero attached hydrogens (tertiary/aromatic N) is 2. The average molecular weight is 1020 g/mol. The van der Waals surface area contributed by atoms with Gasteiger partial charge >= 0.3 is 17.9 Å². The standard InChI is InChI=1S/C59H105N3O8S/c1-7-11-15-19-22-28-37-49(36-27-18-14-10-4)57(65)69-46-34-26-32-41-54(64)62-44-42-51-52(48-62)71-56(55(51)59(67)70-47-35-43-61(5)6)60-53(63)40-31-25-33-45-68-58(66)50(38-29-23-20-16-12-8-2)39-30-24-21-17-13-9-3/h49-50H,7-48H2,1-6H3,(H,60,63). The summed E-state index contributed by atoms with van der Waals surface area (Å²) in [5.41, 5.74) is 1.28. The quantitative estimate of drug-likeness (QED) is 0.0385. The van der Waals surface area contributed by atoms with Gasteiger partial charge < -0.3 is 29.3 Å². The van der Waals surface area contributed by atoms with Crippen LogP contribution in [0, 0.1) is 11.8 Å². The predicted molar refractivity (Wildman–Crippen MR) is 294 cm³/mol. The number of thiophene rings is 1. The third kappa shape index (κ3) is 30.1. The Labute approximate surface area is 437 Å². The van der Waals surface area contributed by atoms with Crippen LogP contribution in [0.1, 0.15) is 273 Å². The van der Waals surface area contributed by atoms with Crippen molar-refractivity contribution in [1.82, 2.24) is 9.80 Å². The zero-order valence-corrected chi connectivity index (χ0v) is 47.2. The molecular formula is C59H105N3O8S. The van der Waals surface area contributed by atoms with Crippen molar-refractivity contribution in [2.24, 2.45) is 11.8 Å². The fraction of sp³-hybridized carbons (Fsp3) is 0.847. The first kappa shape index (κ1) is 64.1. The van der Waals surface area contributed by atoms with Crippen LogP contribution in [0.5, 0.6) is 0 Å². The van der Waals surface area contributed by atoms with Crippen LogP contribution in [0.25, 0.3) is 0 Å². The summed E-state index contributed by atoms with van der Waals surface area (Å²) in [5, 5.41) is 3.54. The lowest BCUT2D eigenvalue weighted by Gasteiger charge is -2.27. The van der Waals surface area contributed by atoms with E-state index in [2.05, 4.69) is 33.0 Å². The summed E-state index contributed by atoms with van der Waals surface area (Å²) >= 11 is 1.37. The van der Waals surface area contributed by atoms with Crippen LogP contribution < -0.4 is 5.32 Å². The highest BCUT2D eigenvalue weighted by Crippen LogP contribution is 2.38. The summed E-state index contributed by atoms with van der Waals surface area (Å²) in [6, 6.07) is 0. The highest BCUT2D eigenvalue weighted by molar-refractivity contribution is 7.17. The first-order valence-corrected chi connectivity index (χ1v) is 30.2. The molecule has 410 valence electrons. The average Bonchev–Trinajstić information content (AvgIpc) is 3.72. The molecule has 0 saturated carbocycles. The summed E-state index contributed by atoms with van der Waals surface area (Å²) in [6.07, 6.45) is 36.4. The van der Waals surface area contributed by atoms with Gasteiger partial charge in [-0.15, -0.1) is 11.3 Å². The molecule has 1 unspecified atom stereocenters. The van der Waals surface area contributed by atoms with Gasteiger partial charge in [0.25, 0.3) is 0 Å². The van der Waals surface area contributed by atoms with E-state index < -0.39 is 5.97 Å². The van der Waals surface area contributed by atoms with E-state index in [0.29, 0.717) is 69.0 Å². The minimum atomic E-state index is -0.435. The van der Waals surface area contributed by atoms with Crippen LogP contribution in [0.4, 0.5) is 5.00 Å². The molecule has 0 aromatic carbocycles. The smallest absolute Gasteiger partial charge is 0.341 e. The number of amides is 2. The van der Waals surface area contributed by atoms with E-state index in [1.807, 2.05) is 23.9 Å². The highest BCUT2D eigenvalue weighted by atomic mass is 32.1. The van der Waals surface area contributed by atoms with E-state index in [9.17, 15) is 24.0 Å². The number of carbonyl (C=O) groups excluding carboxylic acids is 5. The van der Waals surface area contributed by atoms with Crippen molar-refractivity contribution in [2.75, 3.05) is 52.3 Å². The van der Waals surface area contributed by atoms with Crippen LogP contribution in [0.3, 0.4) is 0 Å². The van der Waals surface area contributed by atoms with Crippen molar-refractivity contribution in [1.29, 1.82) is 0 Å². The maximum atomic E-state index is 13.6. The number of carbonyl (C=O) groups is 5. The molecule has 0 aliphatic carbocycles. The molecule has 0 fully saturated rings. The van der Waals surface area contributed by atoms with Gasteiger partial charge in [-0.2, -0.15) is 0 Å². The molecule has 2 heterocycles. The molecule has 2 rings (SSSR count). The van der Waals surface area contributed by atoms with Gasteiger partial charge in [0.15, 0.2) is 0 Å². The predicted octanol–water partition coefficient (Wildman–Crippen LogP) is 15.3. The van der Waals surface area contributed by atoms with Crippen LogP contribution in [0.2, 0.25) is 0 Å². The van der Waals surface area contributed by atoms with Crippen molar-refractivity contribution >= 4 is 46.1 Å². The summed E-state index contributed by atoms with van der Waals surface area (Å²) in [4.78, 5) is 71.6. The van der Waals surface area contributed by atoms with E-state index in [1.165, 1.54) is 127 Å². The van der Waals surface area contributed by atoms with E-state index in [4.69, 9.17) is 14.2 Å². The van der Waals surface area contributed by atoms with Crippen molar-refractivity contribution in [3.8, 4) is 0 Å². The van der Waals surface area contributed by atoms with E-state index in [-0.39, 0.29) is 48.6 Å². The number of ether oxygens (including phenoxy) is 3. The lowest BCUT2D eigenvalue weighted by molar-refractivity contribution is -0.150. The third-order valence-corrected chi connectivity index (χ3v) is 15.3. The van der Waals surface area contributed by atoms with Crippen molar-refractivity contribution in [2.45, 2.75) is 265 Å². The van der Waals surface area contributed by atoms with Gasteiger partial charge in [-0.25, -0.2) is 4.79 Å². The van der Waals surface area contributed by atoms with Gasteiger partial charge in [0.2, 0.25) is 11.8 Å². The largest absolute Gasteiger partial charge is 0.465 e. The van der Waals surface area contributed by atoms with Gasteiger partial charge in [0.05, 0.1) is 43.8 Å². The maximum absolute atomic E-state index is 13.6. The number of rotatable bonds is 46. The fourth-order valence-corrected chi connectivity index (χ4v) is 10.9. The van der Waals surface area contributed by atoms with Gasteiger partial charge in [-0.3, -0.25) is 19.2 Å². The third-order valence-electron chi connectivity index (χ3n) is 14.2. The number of hydrogen-bond acceptors (Lipinski definition) is 10. The molecule has 1 atom stereocenters. The Hall–Kier alpha value is -2.99. The molecule has 0 spiro atoms. The monoisotopic (exact) mass is 1020 g/mol. The summed E-state index contributed by atoms with van der Waals surface area (Å²) in [6.45, 7) is 11.6. The molecule has 1 aliphatic heterocycles. The first-order chi connectivity index (χ1) is 34.6. The Kier molecular flexibility index (Phi) is 38.3. The molecule has 11 nitrogen and oxygen atoms in total. The second-order valence-corrected chi connectivity index (χ2v) is 22.1. The SMILES string of the molecule is CCCCCCCCC(CCCCCC)C(=O)OCCCCCC(=O)N1CCc2c(sc(NC(=O)CCCCCOC(=O)C(CCCCCCCC)CCCCCCCC)c2C(=O)OCCCN(C)C)C1. The van der Waals surface area contributed by atoms with Gasteiger partial charge in [-0.05, 0) is 96.7 Å². The Morgan fingerprint density at radius 1 is 0.535 bits per heavy atom. The second kappa shape index (κ2) is 42.4. The Morgan fingerprint density at radius 2 is 0.958 bits per heavy atom. The Balaban J connectivity index is 1.89. The van der Waals surface area contributed by atoms with Crippen molar-refractivity contribution in [3.05, 3.63) is 16.0 Å². The zero-order valence-electron chi connectivity index (χ0n) is 46.4. The number of anilines is 1. The zero-order chi connectivity index (χ0) is 51.7. The number of esters is 3. The van der Waals surface area contributed by atoms with Gasteiger partial charge in [0.1, 0.15) is 5.00 Å². The topological polar surface area (TPSA) is 132 Å². The Morgan fingerprint density at radius 3 is 1.44 bits per heavy atom. The molecule has 1 N–H and O–H groups in total. The Bertz CT molecular complexity index is 1550. The number of unbranched alkanes of at least 4 members (excludes halogenated alkanes) is 22. The van der Waals surface area contributed by atoms with Crippen LogP contribution in [-0.4, -0.2) is 86.5 Å². The molecule has 2 amide bonds. The van der Waals surface area contributed by atoms with Gasteiger partial charge in [-0.1, -0.05) is 169 Å². The van der Waals surface area contributed by atoms with Gasteiger partial charge in [0, 0.05) is 30.8 Å². The van der Waals surface area contributed by atoms with Crippen LogP contribution in [-0.2, 0) is 46.4 Å². The van der Waals surface area contributed by atoms with E-state index in [1.54, 1.807) is 0 Å². The molecule has 0 saturated heterocycles. The normalized spacial score (nSPS) is 12.9. The molecule has 0 radical (unpaired) electrons. The minimum Gasteiger partial charge on any atom is -0.465 e. The fourth-order valence-electron chi connectivity index (χ4n) is 9.68. The molecule has 1 aliphatic rings. The molecule has 12 heteroatoms. The minimum absolute atomic E-state index is 0.00777. The lowest BCUT2D eigenvalue weighted by atomic mass is 9.94. The number of hydrogen-bond donors (Lipinski definition) is 1. The second-order valence-electron chi connectivity index (χ2n) is 21.0. The molecule has 0 bridgehead atoms. The molecule has 1 aromatic heterocycles. The van der Waals surface area contributed by atoms with E-state index in [0.717, 1.165) is 94.0 Å². The number of nitrogens with one attached hydrogen (secondary N) is 1. The van der Waals surface area contributed by atoms with Crippen LogP contribution >= 0.6 is 11.3 Å².